The predicted molar refractivity (Wildman–Crippen MR) is 112 cm³/mol. The maximum atomic E-state index is 12.8. The minimum absolute atomic E-state index is 0.0525. The first-order valence-electron chi connectivity index (χ1n) is 9.12. The number of ether oxygens (including phenoxy) is 2. The fourth-order valence-electron chi connectivity index (χ4n) is 2.80. The Balaban J connectivity index is 1.72. The molecule has 29 heavy (non-hydrogen) atoms. The van der Waals surface area contributed by atoms with Gasteiger partial charge in [-0.15, -0.1) is 0 Å². The van der Waals surface area contributed by atoms with Gasteiger partial charge >= 0.3 is 5.69 Å². The molecule has 1 aliphatic rings. The Labute approximate surface area is 172 Å². The average Bonchev–Trinajstić information content (AvgIpc) is 3.08. The van der Waals surface area contributed by atoms with E-state index in [9.17, 15) is 14.9 Å². The summed E-state index contributed by atoms with van der Waals surface area (Å²) in [6, 6.07) is 13.2. The first-order valence-corrected chi connectivity index (χ1v) is 10.1. The third-order valence-electron chi connectivity index (χ3n) is 4.15. The number of carbonyl (C=O) groups is 1. The zero-order chi connectivity index (χ0) is 20.8. The van der Waals surface area contributed by atoms with Crippen LogP contribution in [0.1, 0.15) is 13.8 Å². The van der Waals surface area contributed by atoms with E-state index in [1.807, 2.05) is 38.1 Å². The van der Waals surface area contributed by atoms with Gasteiger partial charge in [-0.1, -0.05) is 23.9 Å². The van der Waals surface area contributed by atoms with Crippen molar-refractivity contribution in [1.82, 2.24) is 4.90 Å². The molecule has 0 aromatic heterocycles. The van der Waals surface area contributed by atoms with Crippen molar-refractivity contribution in [2.24, 2.45) is 4.99 Å². The van der Waals surface area contributed by atoms with Crippen molar-refractivity contribution in [3.05, 3.63) is 58.6 Å². The van der Waals surface area contributed by atoms with Gasteiger partial charge in [-0.2, -0.15) is 0 Å². The summed E-state index contributed by atoms with van der Waals surface area (Å²) in [4.78, 5) is 29.5. The molecule has 0 radical (unpaired) electrons. The SMILES string of the molecule is CCOc1ccc(N=C2SC[C@@H](C)N2C(=O)COc2ccccc2[N+](=O)[O-])cc1. The molecule has 9 heteroatoms. The van der Waals surface area contributed by atoms with E-state index in [1.165, 1.54) is 23.9 Å². The lowest BCUT2D eigenvalue weighted by Crippen LogP contribution is -2.40. The van der Waals surface area contributed by atoms with E-state index < -0.39 is 4.92 Å². The van der Waals surface area contributed by atoms with Gasteiger partial charge in [0.15, 0.2) is 17.5 Å². The number of hydrogen-bond donors (Lipinski definition) is 0. The van der Waals surface area contributed by atoms with Gasteiger partial charge in [0, 0.05) is 17.9 Å². The molecule has 0 spiro atoms. The van der Waals surface area contributed by atoms with Crippen LogP contribution in [0.2, 0.25) is 0 Å². The van der Waals surface area contributed by atoms with Gasteiger partial charge in [0.05, 0.1) is 17.2 Å². The Morgan fingerprint density at radius 3 is 2.66 bits per heavy atom. The number of amidine groups is 1. The number of nitro benzene ring substituents is 1. The van der Waals surface area contributed by atoms with Crippen LogP contribution in [0.25, 0.3) is 0 Å². The van der Waals surface area contributed by atoms with Crippen molar-refractivity contribution in [1.29, 1.82) is 0 Å². The third kappa shape index (κ3) is 5.05. The largest absolute Gasteiger partial charge is 0.494 e. The number of aliphatic imine (C=N–C) groups is 1. The van der Waals surface area contributed by atoms with Gasteiger partial charge in [-0.25, -0.2) is 4.99 Å². The summed E-state index contributed by atoms with van der Waals surface area (Å²) < 4.78 is 10.9. The number of para-hydroxylation sites is 2. The molecule has 0 N–H and O–H groups in total. The van der Waals surface area contributed by atoms with Crippen LogP contribution >= 0.6 is 11.8 Å². The molecule has 2 aromatic carbocycles. The Hall–Kier alpha value is -3.07. The first-order chi connectivity index (χ1) is 14.0. The van der Waals surface area contributed by atoms with Gasteiger partial charge in [0.1, 0.15) is 5.75 Å². The molecule has 8 nitrogen and oxygen atoms in total. The second-order valence-electron chi connectivity index (χ2n) is 6.26. The van der Waals surface area contributed by atoms with Crippen LogP contribution in [-0.4, -0.2) is 45.9 Å². The topological polar surface area (TPSA) is 94.3 Å². The van der Waals surface area contributed by atoms with Crippen molar-refractivity contribution in [3.8, 4) is 11.5 Å². The zero-order valence-electron chi connectivity index (χ0n) is 16.1. The minimum atomic E-state index is -0.535. The molecular formula is C20H21N3O5S. The molecular weight excluding hydrogens is 394 g/mol. The van der Waals surface area contributed by atoms with Gasteiger partial charge in [-0.3, -0.25) is 19.8 Å². The molecule has 1 atom stereocenters. The summed E-state index contributed by atoms with van der Waals surface area (Å²) in [5.74, 6) is 1.24. The normalized spacial score (nSPS) is 17.4. The van der Waals surface area contributed by atoms with Crippen molar-refractivity contribution in [2.75, 3.05) is 19.0 Å². The lowest BCUT2D eigenvalue weighted by Gasteiger charge is -2.21. The summed E-state index contributed by atoms with van der Waals surface area (Å²) in [5, 5.41) is 11.7. The van der Waals surface area contributed by atoms with Gasteiger partial charge in [0.2, 0.25) is 0 Å². The highest BCUT2D eigenvalue weighted by Crippen LogP contribution is 2.29. The highest BCUT2D eigenvalue weighted by atomic mass is 32.2. The number of benzene rings is 2. The highest BCUT2D eigenvalue weighted by Gasteiger charge is 2.32. The van der Waals surface area contributed by atoms with Crippen LogP contribution in [-0.2, 0) is 4.79 Å². The van der Waals surface area contributed by atoms with E-state index in [0.29, 0.717) is 23.2 Å². The van der Waals surface area contributed by atoms with E-state index in [1.54, 1.807) is 17.0 Å². The Bertz CT molecular complexity index is 917. The number of carbonyl (C=O) groups excluding carboxylic acids is 1. The summed E-state index contributed by atoms with van der Waals surface area (Å²) in [6.45, 7) is 4.12. The lowest BCUT2D eigenvalue weighted by molar-refractivity contribution is -0.385. The first kappa shape index (κ1) is 20.7. The fraction of sp³-hybridized carbons (Fsp3) is 0.300. The Morgan fingerprint density at radius 2 is 1.97 bits per heavy atom. The maximum Gasteiger partial charge on any atom is 0.310 e. The number of nitro groups is 1. The highest BCUT2D eigenvalue weighted by molar-refractivity contribution is 8.14. The lowest BCUT2D eigenvalue weighted by atomic mass is 10.3. The van der Waals surface area contributed by atoms with Crippen LogP contribution < -0.4 is 9.47 Å². The summed E-state index contributed by atoms with van der Waals surface area (Å²) in [6.07, 6.45) is 0. The van der Waals surface area contributed by atoms with E-state index in [-0.39, 0.29) is 30.0 Å². The predicted octanol–water partition coefficient (Wildman–Crippen LogP) is 4.02. The van der Waals surface area contributed by atoms with Crippen LogP contribution in [0.5, 0.6) is 11.5 Å². The van der Waals surface area contributed by atoms with E-state index in [0.717, 1.165) is 5.75 Å². The molecule has 1 amide bonds. The third-order valence-corrected chi connectivity index (χ3v) is 5.35. The maximum absolute atomic E-state index is 12.8. The monoisotopic (exact) mass is 415 g/mol. The quantitative estimate of drug-likeness (QED) is 0.501. The zero-order valence-corrected chi connectivity index (χ0v) is 16.9. The summed E-state index contributed by atoms with van der Waals surface area (Å²) in [7, 11) is 0. The van der Waals surface area contributed by atoms with Gasteiger partial charge in [-0.05, 0) is 44.2 Å². The molecule has 2 aromatic rings. The second kappa shape index (κ2) is 9.42. The van der Waals surface area contributed by atoms with Crippen molar-refractivity contribution in [3.63, 3.8) is 0 Å². The van der Waals surface area contributed by atoms with Crippen LogP contribution in [0.3, 0.4) is 0 Å². The fourth-order valence-corrected chi connectivity index (χ4v) is 3.93. The van der Waals surface area contributed by atoms with Crippen molar-refractivity contribution in [2.45, 2.75) is 19.9 Å². The van der Waals surface area contributed by atoms with Crippen LogP contribution in [0, 0.1) is 10.1 Å². The Kier molecular flexibility index (Phi) is 6.71. The smallest absolute Gasteiger partial charge is 0.310 e. The standard InChI is InChI=1S/C20H21N3O5S/c1-3-27-16-10-8-15(9-11-16)21-20-22(14(2)13-29-20)19(24)12-28-18-7-5-4-6-17(18)23(25)26/h4-11,14H,3,12-13H2,1-2H3/t14-/m1/s1. The number of thioether (sulfide) groups is 1. The van der Waals surface area contributed by atoms with Crippen LogP contribution in [0.4, 0.5) is 11.4 Å². The van der Waals surface area contributed by atoms with Crippen molar-refractivity contribution >= 4 is 34.2 Å². The number of hydrogen-bond acceptors (Lipinski definition) is 7. The molecule has 1 fully saturated rings. The van der Waals surface area contributed by atoms with Crippen molar-refractivity contribution < 1.29 is 19.2 Å². The second-order valence-corrected chi connectivity index (χ2v) is 7.25. The van der Waals surface area contributed by atoms with E-state index >= 15 is 0 Å². The molecule has 1 saturated heterocycles. The molecule has 0 saturated carbocycles. The summed E-state index contributed by atoms with van der Waals surface area (Å²) in [5.41, 5.74) is 0.537. The molecule has 3 rings (SSSR count). The number of rotatable bonds is 7. The minimum Gasteiger partial charge on any atom is -0.494 e. The summed E-state index contributed by atoms with van der Waals surface area (Å²) >= 11 is 1.49. The van der Waals surface area contributed by atoms with Gasteiger partial charge in [0.25, 0.3) is 5.91 Å². The Morgan fingerprint density at radius 1 is 1.24 bits per heavy atom. The molecule has 1 aliphatic heterocycles. The molecule has 1 heterocycles. The van der Waals surface area contributed by atoms with Crippen LogP contribution in [0.15, 0.2) is 53.5 Å². The molecule has 0 unspecified atom stereocenters. The van der Waals surface area contributed by atoms with Gasteiger partial charge < -0.3 is 9.47 Å². The molecule has 0 aliphatic carbocycles. The molecule has 152 valence electrons. The average molecular weight is 415 g/mol. The number of nitrogens with zero attached hydrogens (tertiary/aromatic N) is 3. The number of amides is 1. The molecule has 0 bridgehead atoms. The van der Waals surface area contributed by atoms with E-state index in [4.69, 9.17) is 9.47 Å². The van der Waals surface area contributed by atoms with E-state index in [2.05, 4.69) is 4.99 Å².